The maximum absolute atomic E-state index is 6.37. The molecular formula is C27H32N4O2. The van der Waals surface area contributed by atoms with E-state index in [9.17, 15) is 0 Å². The van der Waals surface area contributed by atoms with Gasteiger partial charge in [-0.2, -0.15) is 0 Å². The van der Waals surface area contributed by atoms with Gasteiger partial charge in [-0.05, 0) is 74.4 Å². The van der Waals surface area contributed by atoms with E-state index in [-0.39, 0.29) is 6.10 Å². The summed E-state index contributed by atoms with van der Waals surface area (Å²) in [5.41, 5.74) is 3.22. The fourth-order valence-corrected chi connectivity index (χ4v) is 4.79. The van der Waals surface area contributed by atoms with E-state index >= 15 is 0 Å². The van der Waals surface area contributed by atoms with Crippen molar-refractivity contribution in [3.63, 3.8) is 0 Å². The van der Waals surface area contributed by atoms with Crippen molar-refractivity contribution in [2.24, 2.45) is 0 Å². The minimum Gasteiger partial charge on any atom is -0.493 e. The molecule has 0 radical (unpaired) electrons. The van der Waals surface area contributed by atoms with Crippen LogP contribution < -0.4 is 19.3 Å². The second-order valence-corrected chi connectivity index (χ2v) is 8.88. The number of nitrogens with zero attached hydrogens (tertiary/aromatic N) is 4. The standard InChI is InChI=1S/C27H32N4O2/c1-32-25-12-10-22(17-26(25)33-24-8-2-3-9-24)31(20-21-7-6-14-28-18-21)23-11-13-27(29-19-23)30-15-4-5-16-30/h6-7,10-14,17-19,24H,2-5,8-9,15-16,20H2,1H3. The maximum atomic E-state index is 6.37. The summed E-state index contributed by atoms with van der Waals surface area (Å²) in [7, 11) is 1.70. The van der Waals surface area contributed by atoms with Crippen LogP contribution in [0.2, 0.25) is 0 Å². The first-order valence-electron chi connectivity index (χ1n) is 12.0. The van der Waals surface area contributed by atoms with Crippen LogP contribution in [0.1, 0.15) is 44.1 Å². The lowest BCUT2D eigenvalue weighted by molar-refractivity contribution is 0.201. The first-order valence-corrected chi connectivity index (χ1v) is 12.0. The summed E-state index contributed by atoms with van der Waals surface area (Å²) in [6, 6.07) is 14.6. The summed E-state index contributed by atoms with van der Waals surface area (Å²) in [4.78, 5) is 13.7. The predicted molar refractivity (Wildman–Crippen MR) is 132 cm³/mol. The molecule has 0 spiro atoms. The first-order chi connectivity index (χ1) is 16.3. The van der Waals surface area contributed by atoms with Crippen molar-refractivity contribution in [2.75, 3.05) is 30.0 Å². The molecule has 2 aromatic heterocycles. The van der Waals surface area contributed by atoms with Crippen molar-refractivity contribution in [1.29, 1.82) is 0 Å². The Bertz CT molecular complexity index is 1030. The van der Waals surface area contributed by atoms with Crippen LogP contribution in [-0.2, 0) is 6.54 Å². The number of pyridine rings is 2. The fourth-order valence-electron chi connectivity index (χ4n) is 4.79. The summed E-state index contributed by atoms with van der Waals surface area (Å²) >= 11 is 0. The van der Waals surface area contributed by atoms with E-state index < -0.39 is 0 Å². The minimum atomic E-state index is 0.266. The van der Waals surface area contributed by atoms with E-state index in [4.69, 9.17) is 14.5 Å². The van der Waals surface area contributed by atoms with Crippen molar-refractivity contribution < 1.29 is 9.47 Å². The molecule has 1 saturated carbocycles. The highest BCUT2D eigenvalue weighted by atomic mass is 16.5. The highest BCUT2D eigenvalue weighted by Gasteiger charge is 2.21. The fraction of sp³-hybridized carbons (Fsp3) is 0.407. The van der Waals surface area contributed by atoms with Gasteiger partial charge in [0, 0.05) is 43.8 Å². The number of methoxy groups -OCH3 is 1. The Kier molecular flexibility index (Phi) is 6.61. The molecule has 0 amide bonds. The van der Waals surface area contributed by atoms with Gasteiger partial charge >= 0.3 is 0 Å². The zero-order valence-corrected chi connectivity index (χ0v) is 19.3. The summed E-state index contributed by atoms with van der Waals surface area (Å²) in [5, 5.41) is 0. The molecule has 1 aliphatic carbocycles. The Labute approximate surface area is 196 Å². The normalized spacial score (nSPS) is 16.2. The van der Waals surface area contributed by atoms with E-state index in [1.54, 1.807) is 13.3 Å². The molecule has 172 valence electrons. The first kappa shape index (κ1) is 21.6. The van der Waals surface area contributed by atoms with Gasteiger partial charge in [0.25, 0.3) is 0 Å². The van der Waals surface area contributed by atoms with E-state index in [2.05, 4.69) is 45.1 Å². The summed E-state index contributed by atoms with van der Waals surface area (Å²) in [6.07, 6.45) is 13.1. The van der Waals surface area contributed by atoms with Crippen molar-refractivity contribution in [1.82, 2.24) is 9.97 Å². The van der Waals surface area contributed by atoms with Gasteiger partial charge in [0.2, 0.25) is 0 Å². The van der Waals surface area contributed by atoms with Crippen molar-refractivity contribution in [3.8, 4) is 11.5 Å². The van der Waals surface area contributed by atoms with E-state index in [0.717, 1.165) is 60.2 Å². The predicted octanol–water partition coefficient (Wildman–Crippen LogP) is 5.75. The van der Waals surface area contributed by atoms with Crippen LogP contribution in [-0.4, -0.2) is 36.3 Å². The second kappa shape index (κ2) is 10.1. The lowest BCUT2D eigenvalue weighted by atomic mass is 10.2. The average Bonchev–Trinajstić information content (AvgIpc) is 3.58. The largest absolute Gasteiger partial charge is 0.493 e. The van der Waals surface area contributed by atoms with E-state index in [1.807, 2.05) is 24.5 Å². The summed E-state index contributed by atoms with van der Waals surface area (Å²) in [6.45, 7) is 2.87. The number of ether oxygens (including phenoxy) is 2. The third kappa shape index (κ3) is 5.05. The number of benzene rings is 1. The van der Waals surface area contributed by atoms with Crippen LogP contribution in [0.25, 0.3) is 0 Å². The number of hydrogen-bond acceptors (Lipinski definition) is 6. The monoisotopic (exact) mass is 444 g/mol. The van der Waals surface area contributed by atoms with E-state index in [0.29, 0.717) is 6.54 Å². The van der Waals surface area contributed by atoms with Gasteiger partial charge in [-0.25, -0.2) is 4.98 Å². The summed E-state index contributed by atoms with van der Waals surface area (Å²) in [5.74, 6) is 2.63. The molecule has 3 heterocycles. The van der Waals surface area contributed by atoms with Gasteiger partial charge in [-0.3, -0.25) is 4.98 Å². The number of anilines is 3. The van der Waals surface area contributed by atoms with Crippen LogP contribution in [0, 0.1) is 0 Å². The Hall–Kier alpha value is -3.28. The summed E-state index contributed by atoms with van der Waals surface area (Å²) < 4.78 is 12.0. The molecule has 0 bridgehead atoms. The molecule has 2 fully saturated rings. The molecule has 5 rings (SSSR count). The molecule has 1 aliphatic heterocycles. The SMILES string of the molecule is COc1ccc(N(Cc2cccnc2)c2ccc(N3CCCC3)nc2)cc1OC1CCCC1. The van der Waals surface area contributed by atoms with E-state index in [1.165, 1.54) is 25.7 Å². The quantitative estimate of drug-likeness (QED) is 0.441. The Morgan fingerprint density at radius 1 is 0.939 bits per heavy atom. The Morgan fingerprint density at radius 2 is 1.76 bits per heavy atom. The molecule has 1 aromatic carbocycles. The molecule has 0 unspecified atom stereocenters. The van der Waals surface area contributed by atoms with Crippen LogP contribution >= 0.6 is 0 Å². The molecule has 0 N–H and O–H groups in total. The van der Waals surface area contributed by atoms with Gasteiger partial charge in [0.05, 0.1) is 25.1 Å². The molecule has 3 aromatic rings. The molecule has 1 saturated heterocycles. The molecule has 33 heavy (non-hydrogen) atoms. The Morgan fingerprint density at radius 3 is 2.45 bits per heavy atom. The molecule has 6 nitrogen and oxygen atoms in total. The van der Waals surface area contributed by atoms with Gasteiger partial charge in [-0.1, -0.05) is 6.07 Å². The van der Waals surface area contributed by atoms with Crippen LogP contribution in [0.4, 0.5) is 17.2 Å². The van der Waals surface area contributed by atoms with Crippen LogP contribution in [0.3, 0.4) is 0 Å². The second-order valence-electron chi connectivity index (χ2n) is 8.88. The average molecular weight is 445 g/mol. The highest BCUT2D eigenvalue weighted by molar-refractivity contribution is 5.67. The third-order valence-corrected chi connectivity index (χ3v) is 6.59. The zero-order chi connectivity index (χ0) is 22.5. The Balaban J connectivity index is 1.47. The van der Waals surface area contributed by atoms with Crippen molar-refractivity contribution >= 4 is 17.2 Å². The molecule has 0 atom stereocenters. The smallest absolute Gasteiger partial charge is 0.163 e. The van der Waals surface area contributed by atoms with Gasteiger partial charge < -0.3 is 19.3 Å². The van der Waals surface area contributed by atoms with Gasteiger partial charge in [-0.15, -0.1) is 0 Å². The lowest BCUT2D eigenvalue weighted by Crippen LogP contribution is -2.20. The molecule has 2 aliphatic rings. The zero-order valence-electron chi connectivity index (χ0n) is 19.3. The molecule has 6 heteroatoms. The van der Waals surface area contributed by atoms with Crippen molar-refractivity contribution in [3.05, 3.63) is 66.6 Å². The topological polar surface area (TPSA) is 50.7 Å². The highest BCUT2D eigenvalue weighted by Crippen LogP contribution is 2.38. The lowest BCUT2D eigenvalue weighted by Gasteiger charge is -2.27. The number of rotatable bonds is 8. The minimum absolute atomic E-state index is 0.266. The number of aromatic nitrogens is 2. The maximum Gasteiger partial charge on any atom is 0.163 e. The van der Waals surface area contributed by atoms with Gasteiger partial charge in [0.1, 0.15) is 5.82 Å². The third-order valence-electron chi connectivity index (χ3n) is 6.59. The van der Waals surface area contributed by atoms with Gasteiger partial charge in [0.15, 0.2) is 11.5 Å². The van der Waals surface area contributed by atoms with Crippen LogP contribution in [0.15, 0.2) is 61.1 Å². The van der Waals surface area contributed by atoms with Crippen molar-refractivity contribution in [2.45, 2.75) is 51.2 Å². The number of hydrogen-bond donors (Lipinski definition) is 0. The molecular weight excluding hydrogens is 412 g/mol. The van der Waals surface area contributed by atoms with Crippen LogP contribution in [0.5, 0.6) is 11.5 Å².